The highest BCUT2D eigenvalue weighted by Crippen LogP contribution is 2.30. The summed E-state index contributed by atoms with van der Waals surface area (Å²) in [6, 6.07) is 0.459. The van der Waals surface area contributed by atoms with Crippen LogP contribution in [0.5, 0.6) is 0 Å². The minimum atomic E-state index is 0.309. The molecule has 2 aliphatic rings. The van der Waals surface area contributed by atoms with Crippen molar-refractivity contribution in [3.63, 3.8) is 0 Å². The van der Waals surface area contributed by atoms with Crippen LogP contribution in [0.4, 0.5) is 17.8 Å². The van der Waals surface area contributed by atoms with Crippen LogP contribution in [0.15, 0.2) is 0 Å². The molecular weight excluding hydrogens is 272 g/mol. The maximum atomic E-state index is 5.82. The van der Waals surface area contributed by atoms with E-state index in [-0.39, 0.29) is 0 Å². The Hall–Kier alpha value is -1.24. The van der Waals surface area contributed by atoms with Gasteiger partial charge in [0, 0.05) is 24.4 Å². The Morgan fingerprint density at radius 3 is 2.70 bits per heavy atom. The van der Waals surface area contributed by atoms with Gasteiger partial charge in [0.25, 0.3) is 0 Å². The third-order valence-electron chi connectivity index (χ3n) is 4.08. The average molecular weight is 294 g/mol. The predicted molar refractivity (Wildman–Crippen MR) is 84.3 cm³/mol. The molecule has 7 heteroatoms. The van der Waals surface area contributed by atoms with Crippen LogP contribution in [0.2, 0.25) is 0 Å². The van der Waals surface area contributed by atoms with E-state index in [1.165, 1.54) is 32.1 Å². The molecule has 2 fully saturated rings. The van der Waals surface area contributed by atoms with Crippen molar-refractivity contribution in [3.8, 4) is 0 Å². The Labute approximate surface area is 124 Å². The summed E-state index contributed by atoms with van der Waals surface area (Å²) in [4.78, 5) is 15.2. The fourth-order valence-electron chi connectivity index (χ4n) is 2.97. The summed E-state index contributed by atoms with van der Waals surface area (Å²) >= 11 is 1.95. The van der Waals surface area contributed by atoms with E-state index < -0.39 is 0 Å². The monoisotopic (exact) mass is 294 g/mol. The largest absolute Gasteiger partial charge is 0.368 e. The Balaban J connectivity index is 1.69. The SMILES string of the molecule is CSC1CCC(Nc2nc(N)nc(N3CCCC3)n2)C1. The molecule has 0 spiro atoms. The van der Waals surface area contributed by atoms with Gasteiger partial charge in [0.05, 0.1) is 0 Å². The summed E-state index contributed by atoms with van der Waals surface area (Å²) in [5, 5.41) is 4.18. The molecule has 1 aromatic heterocycles. The number of nitrogen functional groups attached to an aromatic ring is 1. The highest BCUT2D eigenvalue weighted by atomic mass is 32.2. The quantitative estimate of drug-likeness (QED) is 0.875. The van der Waals surface area contributed by atoms with Gasteiger partial charge in [-0.1, -0.05) is 0 Å². The number of thioether (sulfide) groups is 1. The number of nitrogens with one attached hydrogen (secondary N) is 1. The van der Waals surface area contributed by atoms with E-state index in [9.17, 15) is 0 Å². The second-order valence-corrected chi connectivity index (χ2v) is 6.66. The van der Waals surface area contributed by atoms with Crippen LogP contribution in [0.3, 0.4) is 0 Å². The third-order valence-corrected chi connectivity index (χ3v) is 5.18. The van der Waals surface area contributed by atoms with Gasteiger partial charge in [0.15, 0.2) is 0 Å². The molecule has 20 heavy (non-hydrogen) atoms. The maximum absolute atomic E-state index is 5.82. The van der Waals surface area contributed by atoms with E-state index in [1.807, 2.05) is 11.8 Å². The second-order valence-electron chi connectivity index (χ2n) is 5.52. The zero-order valence-corrected chi connectivity index (χ0v) is 12.7. The summed E-state index contributed by atoms with van der Waals surface area (Å²) in [7, 11) is 0. The molecule has 2 unspecified atom stereocenters. The van der Waals surface area contributed by atoms with Gasteiger partial charge in [-0.25, -0.2) is 0 Å². The Kier molecular flexibility index (Phi) is 4.14. The predicted octanol–water partition coefficient (Wildman–Crippen LogP) is 1.75. The number of anilines is 3. The van der Waals surface area contributed by atoms with Gasteiger partial charge < -0.3 is 16.0 Å². The maximum Gasteiger partial charge on any atom is 0.231 e. The highest BCUT2D eigenvalue weighted by molar-refractivity contribution is 7.99. The van der Waals surface area contributed by atoms with Gasteiger partial charge in [-0.2, -0.15) is 26.7 Å². The van der Waals surface area contributed by atoms with E-state index in [0.29, 0.717) is 17.9 Å². The topological polar surface area (TPSA) is 80.0 Å². The first-order valence-electron chi connectivity index (χ1n) is 7.30. The Morgan fingerprint density at radius 1 is 1.20 bits per heavy atom. The highest BCUT2D eigenvalue weighted by Gasteiger charge is 2.25. The van der Waals surface area contributed by atoms with Crippen molar-refractivity contribution in [2.75, 3.05) is 35.3 Å². The lowest BCUT2D eigenvalue weighted by Gasteiger charge is -2.17. The van der Waals surface area contributed by atoms with Crippen molar-refractivity contribution in [3.05, 3.63) is 0 Å². The normalized spacial score (nSPS) is 26.1. The zero-order chi connectivity index (χ0) is 13.9. The van der Waals surface area contributed by atoms with E-state index in [4.69, 9.17) is 5.73 Å². The fourth-order valence-corrected chi connectivity index (χ4v) is 3.77. The van der Waals surface area contributed by atoms with Crippen molar-refractivity contribution in [1.29, 1.82) is 0 Å². The van der Waals surface area contributed by atoms with Gasteiger partial charge in [0.1, 0.15) is 0 Å². The van der Waals surface area contributed by atoms with E-state index in [1.54, 1.807) is 0 Å². The second kappa shape index (κ2) is 6.03. The summed E-state index contributed by atoms with van der Waals surface area (Å²) in [6.45, 7) is 2.03. The first-order valence-corrected chi connectivity index (χ1v) is 8.59. The van der Waals surface area contributed by atoms with Crippen LogP contribution < -0.4 is 16.0 Å². The number of hydrogen-bond acceptors (Lipinski definition) is 7. The van der Waals surface area contributed by atoms with Crippen molar-refractivity contribution in [1.82, 2.24) is 15.0 Å². The molecule has 1 saturated carbocycles. The van der Waals surface area contributed by atoms with Crippen molar-refractivity contribution < 1.29 is 0 Å². The molecule has 1 aromatic rings. The summed E-state index contributed by atoms with van der Waals surface area (Å²) in [5.74, 6) is 1.66. The number of aromatic nitrogens is 3. The summed E-state index contributed by atoms with van der Waals surface area (Å²) in [6.07, 6.45) is 8.19. The number of nitrogens with zero attached hydrogens (tertiary/aromatic N) is 4. The molecule has 0 radical (unpaired) electrons. The zero-order valence-electron chi connectivity index (χ0n) is 11.9. The Bertz CT molecular complexity index is 462. The molecule has 0 amide bonds. The summed E-state index contributed by atoms with van der Waals surface area (Å²) < 4.78 is 0. The smallest absolute Gasteiger partial charge is 0.231 e. The molecular formula is C13H22N6S. The lowest BCUT2D eigenvalue weighted by Crippen LogP contribution is -2.24. The summed E-state index contributed by atoms with van der Waals surface area (Å²) in [5.41, 5.74) is 5.82. The van der Waals surface area contributed by atoms with Gasteiger partial charge >= 0.3 is 0 Å². The fraction of sp³-hybridized carbons (Fsp3) is 0.769. The Morgan fingerprint density at radius 2 is 2.00 bits per heavy atom. The van der Waals surface area contributed by atoms with Crippen LogP contribution in [0.1, 0.15) is 32.1 Å². The lowest BCUT2D eigenvalue weighted by molar-refractivity contribution is 0.742. The van der Waals surface area contributed by atoms with Crippen LogP contribution >= 0.6 is 11.8 Å². The standard InChI is InChI=1S/C13H22N6S/c1-20-10-5-4-9(8-10)15-12-16-11(14)17-13(18-12)19-6-2-3-7-19/h9-10H,2-8H2,1H3,(H3,14,15,16,17,18). The lowest BCUT2D eigenvalue weighted by atomic mass is 10.2. The molecule has 110 valence electrons. The van der Waals surface area contributed by atoms with E-state index in [2.05, 4.69) is 31.4 Å². The number of nitrogens with two attached hydrogens (primary N) is 1. The number of rotatable bonds is 4. The third kappa shape index (κ3) is 3.08. The molecule has 2 atom stereocenters. The van der Waals surface area contributed by atoms with Crippen LogP contribution in [0.25, 0.3) is 0 Å². The van der Waals surface area contributed by atoms with Crippen molar-refractivity contribution >= 4 is 29.6 Å². The molecule has 0 aromatic carbocycles. The minimum absolute atomic E-state index is 0.309. The van der Waals surface area contributed by atoms with E-state index >= 15 is 0 Å². The van der Waals surface area contributed by atoms with Crippen molar-refractivity contribution in [2.45, 2.75) is 43.4 Å². The molecule has 3 N–H and O–H groups in total. The molecule has 6 nitrogen and oxygen atoms in total. The molecule has 2 heterocycles. The average Bonchev–Trinajstić information content (AvgIpc) is 3.09. The van der Waals surface area contributed by atoms with E-state index in [0.717, 1.165) is 24.3 Å². The molecule has 1 saturated heterocycles. The molecule has 1 aliphatic carbocycles. The minimum Gasteiger partial charge on any atom is -0.368 e. The molecule has 0 bridgehead atoms. The van der Waals surface area contributed by atoms with Gasteiger partial charge in [-0.3, -0.25) is 0 Å². The van der Waals surface area contributed by atoms with Gasteiger partial charge in [-0.15, -0.1) is 0 Å². The van der Waals surface area contributed by atoms with Gasteiger partial charge in [-0.05, 0) is 38.4 Å². The first-order chi connectivity index (χ1) is 9.74. The van der Waals surface area contributed by atoms with Crippen molar-refractivity contribution in [2.24, 2.45) is 0 Å². The van der Waals surface area contributed by atoms with Crippen LogP contribution in [-0.2, 0) is 0 Å². The van der Waals surface area contributed by atoms with Gasteiger partial charge in [0.2, 0.25) is 17.8 Å². The first kappa shape index (κ1) is 13.7. The molecule has 1 aliphatic heterocycles. The number of hydrogen-bond donors (Lipinski definition) is 2. The molecule has 3 rings (SSSR count). The van der Waals surface area contributed by atoms with Crippen LogP contribution in [0, 0.1) is 0 Å². The van der Waals surface area contributed by atoms with Crippen LogP contribution in [-0.4, -0.2) is 45.6 Å².